The molecule has 1 unspecified atom stereocenters. The van der Waals surface area contributed by atoms with Crippen molar-refractivity contribution in [1.29, 1.82) is 0 Å². The minimum Gasteiger partial charge on any atom is -0.388 e. The van der Waals surface area contributed by atoms with Crippen molar-refractivity contribution in [3.05, 3.63) is 34.6 Å². The van der Waals surface area contributed by atoms with Crippen LogP contribution in [-0.4, -0.2) is 16.9 Å². The van der Waals surface area contributed by atoms with E-state index in [-0.39, 0.29) is 31.2 Å². The van der Waals surface area contributed by atoms with Crippen LogP contribution < -0.4 is 5.73 Å². The monoisotopic (exact) mass is 275 g/mol. The fraction of sp³-hybridized carbons (Fsp3) is 0.538. The standard InChI is InChI=1S/C13H16ClF2NO/c14-8-1-2-11(16)10(7-8)12(17)13(18)5-3-9(15)4-6-13/h1-2,7,9,12,18H,3-6,17H2/t9-,12?,13-. The Morgan fingerprint density at radius 1 is 1.39 bits per heavy atom. The zero-order valence-electron chi connectivity index (χ0n) is 9.87. The highest BCUT2D eigenvalue weighted by atomic mass is 35.5. The Bertz CT molecular complexity index is 433. The summed E-state index contributed by atoms with van der Waals surface area (Å²) in [7, 11) is 0. The molecule has 1 aliphatic rings. The summed E-state index contributed by atoms with van der Waals surface area (Å²) in [4.78, 5) is 0. The first kappa shape index (κ1) is 13.7. The summed E-state index contributed by atoms with van der Waals surface area (Å²) >= 11 is 5.80. The van der Waals surface area contributed by atoms with Gasteiger partial charge in [-0.05, 0) is 43.9 Å². The molecule has 2 nitrogen and oxygen atoms in total. The second-order valence-electron chi connectivity index (χ2n) is 4.92. The lowest BCUT2D eigenvalue weighted by Crippen LogP contribution is -2.44. The maximum Gasteiger partial charge on any atom is 0.128 e. The molecule has 100 valence electrons. The van der Waals surface area contributed by atoms with Crippen LogP contribution in [0.3, 0.4) is 0 Å². The third-order valence-electron chi connectivity index (χ3n) is 3.65. The van der Waals surface area contributed by atoms with Crippen LogP contribution in [0.2, 0.25) is 5.02 Å². The Morgan fingerprint density at radius 3 is 2.61 bits per heavy atom. The van der Waals surface area contributed by atoms with Crippen LogP contribution in [0.15, 0.2) is 18.2 Å². The van der Waals surface area contributed by atoms with E-state index in [1.165, 1.54) is 18.2 Å². The van der Waals surface area contributed by atoms with Crippen LogP contribution in [-0.2, 0) is 0 Å². The highest BCUT2D eigenvalue weighted by Crippen LogP contribution is 2.39. The van der Waals surface area contributed by atoms with E-state index in [1.807, 2.05) is 0 Å². The average molecular weight is 276 g/mol. The summed E-state index contributed by atoms with van der Waals surface area (Å²) in [5.41, 5.74) is 4.87. The van der Waals surface area contributed by atoms with Gasteiger partial charge in [0.15, 0.2) is 0 Å². The van der Waals surface area contributed by atoms with E-state index in [9.17, 15) is 13.9 Å². The Hall–Kier alpha value is -0.710. The maximum atomic E-state index is 13.7. The zero-order chi connectivity index (χ0) is 13.3. The van der Waals surface area contributed by atoms with Gasteiger partial charge >= 0.3 is 0 Å². The predicted molar refractivity (Wildman–Crippen MR) is 66.7 cm³/mol. The van der Waals surface area contributed by atoms with Crippen molar-refractivity contribution >= 4 is 11.6 Å². The number of alkyl halides is 1. The molecule has 0 heterocycles. The fourth-order valence-corrected chi connectivity index (χ4v) is 2.62. The summed E-state index contributed by atoms with van der Waals surface area (Å²) in [6.07, 6.45) is 0.0862. The Morgan fingerprint density at radius 2 is 2.00 bits per heavy atom. The van der Waals surface area contributed by atoms with Crippen molar-refractivity contribution in [2.45, 2.75) is 43.5 Å². The van der Waals surface area contributed by atoms with Gasteiger partial charge in [-0.25, -0.2) is 8.78 Å². The van der Waals surface area contributed by atoms with Gasteiger partial charge in [0.2, 0.25) is 0 Å². The van der Waals surface area contributed by atoms with E-state index < -0.39 is 23.6 Å². The molecular formula is C13H16ClF2NO. The van der Waals surface area contributed by atoms with E-state index in [0.29, 0.717) is 5.02 Å². The van der Waals surface area contributed by atoms with Crippen molar-refractivity contribution < 1.29 is 13.9 Å². The molecule has 0 aliphatic heterocycles. The topological polar surface area (TPSA) is 46.2 Å². The van der Waals surface area contributed by atoms with Crippen LogP contribution in [0, 0.1) is 5.82 Å². The number of halogens is 3. The molecule has 1 fully saturated rings. The lowest BCUT2D eigenvalue weighted by molar-refractivity contribution is -0.0371. The number of hydrogen-bond acceptors (Lipinski definition) is 2. The van der Waals surface area contributed by atoms with Crippen molar-refractivity contribution in [3.8, 4) is 0 Å². The molecule has 1 aliphatic carbocycles. The number of benzene rings is 1. The van der Waals surface area contributed by atoms with Gasteiger partial charge < -0.3 is 10.8 Å². The van der Waals surface area contributed by atoms with Crippen molar-refractivity contribution in [3.63, 3.8) is 0 Å². The lowest BCUT2D eigenvalue weighted by Gasteiger charge is -2.38. The van der Waals surface area contributed by atoms with Crippen molar-refractivity contribution in [2.24, 2.45) is 5.73 Å². The minimum atomic E-state index is -1.26. The Labute approximate surface area is 110 Å². The second kappa shape index (κ2) is 5.11. The van der Waals surface area contributed by atoms with Crippen LogP contribution >= 0.6 is 11.6 Å². The number of nitrogens with two attached hydrogens (primary N) is 1. The molecule has 0 amide bonds. The van der Waals surface area contributed by atoms with Crippen LogP contribution in [0.4, 0.5) is 8.78 Å². The third-order valence-corrected chi connectivity index (χ3v) is 3.89. The van der Waals surface area contributed by atoms with Gasteiger partial charge in [0.05, 0.1) is 11.6 Å². The van der Waals surface area contributed by atoms with Crippen LogP contribution in [0.25, 0.3) is 0 Å². The molecule has 0 radical (unpaired) electrons. The summed E-state index contributed by atoms with van der Waals surface area (Å²) in [6.45, 7) is 0. The molecule has 1 saturated carbocycles. The lowest BCUT2D eigenvalue weighted by atomic mass is 9.76. The summed E-state index contributed by atoms with van der Waals surface area (Å²) in [6, 6.07) is 3.18. The third kappa shape index (κ3) is 2.66. The summed E-state index contributed by atoms with van der Waals surface area (Å²) < 4.78 is 26.8. The predicted octanol–water partition coefficient (Wildman–Crippen LogP) is 3.12. The maximum absolute atomic E-state index is 13.7. The number of aliphatic hydroxyl groups is 1. The highest BCUT2D eigenvalue weighted by molar-refractivity contribution is 6.30. The molecule has 2 rings (SSSR count). The Balaban J connectivity index is 2.24. The molecule has 18 heavy (non-hydrogen) atoms. The molecule has 3 N–H and O–H groups in total. The van der Waals surface area contributed by atoms with E-state index >= 15 is 0 Å². The fourth-order valence-electron chi connectivity index (χ4n) is 2.44. The average Bonchev–Trinajstić information content (AvgIpc) is 2.35. The second-order valence-corrected chi connectivity index (χ2v) is 5.36. The summed E-state index contributed by atoms with van der Waals surface area (Å²) in [5.74, 6) is -0.498. The summed E-state index contributed by atoms with van der Waals surface area (Å²) in [5, 5.41) is 10.8. The smallest absolute Gasteiger partial charge is 0.128 e. The molecule has 1 aromatic rings. The molecule has 0 aromatic heterocycles. The zero-order valence-corrected chi connectivity index (χ0v) is 10.6. The van der Waals surface area contributed by atoms with Gasteiger partial charge in [-0.2, -0.15) is 0 Å². The highest BCUT2D eigenvalue weighted by Gasteiger charge is 2.40. The van der Waals surface area contributed by atoms with Gasteiger partial charge in [-0.3, -0.25) is 0 Å². The van der Waals surface area contributed by atoms with Gasteiger partial charge in [-0.1, -0.05) is 11.6 Å². The largest absolute Gasteiger partial charge is 0.388 e. The van der Waals surface area contributed by atoms with Crippen LogP contribution in [0.5, 0.6) is 0 Å². The molecule has 5 heteroatoms. The van der Waals surface area contributed by atoms with Crippen molar-refractivity contribution in [2.75, 3.05) is 0 Å². The number of rotatable bonds is 2. The normalized spacial score (nSPS) is 30.2. The van der Waals surface area contributed by atoms with E-state index in [1.54, 1.807) is 0 Å². The first-order chi connectivity index (χ1) is 8.42. The van der Waals surface area contributed by atoms with Gasteiger partial charge in [0, 0.05) is 10.6 Å². The first-order valence-corrected chi connectivity index (χ1v) is 6.37. The minimum absolute atomic E-state index is 0.183. The molecule has 1 aromatic carbocycles. The molecule has 0 bridgehead atoms. The molecular weight excluding hydrogens is 260 g/mol. The van der Waals surface area contributed by atoms with Gasteiger partial charge in [0.25, 0.3) is 0 Å². The Kier molecular flexibility index (Phi) is 3.90. The molecule has 0 spiro atoms. The SMILES string of the molecule is NC(c1cc(Cl)ccc1F)[C@]1(O)CC[C@H](F)CC1. The van der Waals surface area contributed by atoms with E-state index in [4.69, 9.17) is 17.3 Å². The van der Waals surface area contributed by atoms with Gasteiger partial charge in [-0.15, -0.1) is 0 Å². The first-order valence-electron chi connectivity index (χ1n) is 5.99. The molecule has 0 saturated heterocycles. The van der Waals surface area contributed by atoms with E-state index in [2.05, 4.69) is 0 Å². The molecule has 1 atom stereocenters. The van der Waals surface area contributed by atoms with Gasteiger partial charge in [0.1, 0.15) is 12.0 Å². The number of hydrogen-bond donors (Lipinski definition) is 2. The van der Waals surface area contributed by atoms with E-state index in [0.717, 1.165) is 0 Å². The van der Waals surface area contributed by atoms with Crippen LogP contribution in [0.1, 0.15) is 37.3 Å². The quantitative estimate of drug-likeness (QED) is 0.871. The van der Waals surface area contributed by atoms with Crippen molar-refractivity contribution in [1.82, 2.24) is 0 Å².